The fourth-order valence-electron chi connectivity index (χ4n) is 1.01. The summed E-state index contributed by atoms with van der Waals surface area (Å²) in [5, 5.41) is 19.3. The molecule has 1 saturated heterocycles. The van der Waals surface area contributed by atoms with E-state index in [1.165, 1.54) is 0 Å². The van der Waals surface area contributed by atoms with Crippen LogP contribution in [0.2, 0.25) is 0 Å². The van der Waals surface area contributed by atoms with Crippen molar-refractivity contribution in [3.05, 3.63) is 5.21 Å². The summed E-state index contributed by atoms with van der Waals surface area (Å²) in [6.07, 6.45) is 0. The average Bonchev–Trinajstić information content (AvgIpc) is 1.62. The minimum absolute atomic E-state index is 0.0139. The van der Waals surface area contributed by atoms with Crippen molar-refractivity contribution in [2.45, 2.75) is 13.0 Å². The summed E-state index contributed by atoms with van der Waals surface area (Å²) in [6.45, 7) is 2.12. The summed E-state index contributed by atoms with van der Waals surface area (Å²) in [4.78, 5) is 10.2. The van der Waals surface area contributed by atoms with Crippen LogP contribution in [0.15, 0.2) is 0 Å². The Labute approximate surface area is 52.7 Å². The van der Waals surface area contributed by atoms with E-state index in [1.54, 1.807) is 6.92 Å². The Kier molecular flexibility index (Phi) is 1.42. The molecule has 1 fully saturated rings. The third-order valence-electron chi connectivity index (χ3n) is 1.57. The lowest BCUT2D eigenvalue weighted by atomic mass is 9.93. The highest BCUT2D eigenvalue weighted by Crippen LogP contribution is 2.22. The van der Waals surface area contributed by atoms with Crippen molar-refractivity contribution in [2.24, 2.45) is 5.92 Å². The monoisotopic (exact) mass is 130 g/mol. The van der Waals surface area contributed by atoms with Gasteiger partial charge in [-0.1, -0.05) is 6.92 Å². The van der Waals surface area contributed by atoms with Crippen molar-refractivity contribution in [1.82, 2.24) is 5.06 Å². The molecule has 0 aromatic heterocycles. The summed E-state index contributed by atoms with van der Waals surface area (Å²) >= 11 is 0. The second-order valence-electron chi connectivity index (χ2n) is 2.36. The molecule has 52 valence electrons. The highest BCUT2D eigenvalue weighted by atomic mass is 16.5. The largest absolute Gasteiger partial charge is 0.785 e. The van der Waals surface area contributed by atoms with Gasteiger partial charge in [-0.3, -0.25) is 4.79 Å². The molecule has 4 nitrogen and oxygen atoms in total. The molecule has 1 rings (SSSR count). The lowest BCUT2D eigenvalue weighted by Crippen LogP contribution is -2.55. The van der Waals surface area contributed by atoms with Crippen LogP contribution in [-0.4, -0.2) is 28.7 Å². The SMILES string of the molecule is CC1CN([O-])C1C(=O)O. The zero-order valence-electron chi connectivity index (χ0n) is 5.07. The van der Waals surface area contributed by atoms with Crippen LogP contribution >= 0.6 is 0 Å². The number of hydrogen-bond acceptors (Lipinski definition) is 3. The molecule has 0 aliphatic carbocycles. The maximum absolute atomic E-state index is 10.4. The zero-order valence-corrected chi connectivity index (χ0v) is 5.07. The summed E-state index contributed by atoms with van der Waals surface area (Å²) in [5.41, 5.74) is 0. The van der Waals surface area contributed by atoms with Crippen molar-refractivity contribution >= 4 is 5.97 Å². The van der Waals surface area contributed by atoms with Gasteiger partial charge in [0.15, 0.2) is 0 Å². The zero-order chi connectivity index (χ0) is 7.02. The van der Waals surface area contributed by atoms with Crippen LogP contribution in [-0.2, 0) is 4.79 Å². The number of hydrogen-bond donors (Lipinski definition) is 1. The number of carboxylic acids is 1. The van der Waals surface area contributed by atoms with Gasteiger partial charge in [0.05, 0.1) is 0 Å². The summed E-state index contributed by atoms with van der Waals surface area (Å²) in [7, 11) is 0. The van der Waals surface area contributed by atoms with Crippen LogP contribution in [0.5, 0.6) is 0 Å². The number of carbonyl (C=O) groups is 1. The fourth-order valence-corrected chi connectivity index (χ4v) is 1.01. The smallest absolute Gasteiger partial charge is 0.320 e. The van der Waals surface area contributed by atoms with E-state index in [-0.39, 0.29) is 5.92 Å². The van der Waals surface area contributed by atoms with E-state index in [9.17, 15) is 10.0 Å². The van der Waals surface area contributed by atoms with E-state index in [0.29, 0.717) is 11.6 Å². The first kappa shape index (κ1) is 6.51. The standard InChI is InChI=1S/C5H8NO3/c1-3-2-6(9)4(3)5(7)8/h3-4H,2H2,1H3,(H,7,8)/q-1. The molecule has 1 heterocycles. The quantitative estimate of drug-likeness (QED) is 0.537. The van der Waals surface area contributed by atoms with Crippen LogP contribution in [0.25, 0.3) is 0 Å². The van der Waals surface area contributed by atoms with Gasteiger partial charge < -0.3 is 15.4 Å². The van der Waals surface area contributed by atoms with E-state index in [0.717, 1.165) is 0 Å². The first-order valence-electron chi connectivity index (χ1n) is 2.79. The summed E-state index contributed by atoms with van der Waals surface area (Å²) in [5.74, 6) is -0.997. The third kappa shape index (κ3) is 0.906. The Bertz CT molecular complexity index is 128. The van der Waals surface area contributed by atoms with Gasteiger partial charge in [0.2, 0.25) is 0 Å². The van der Waals surface area contributed by atoms with Gasteiger partial charge in [0, 0.05) is 0 Å². The molecule has 2 atom stereocenters. The Hall–Kier alpha value is -0.610. The van der Waals surface area contributed by atoms with Crippen molar-refractivity contribution < 1.29 is 9.90 Å². The lowest BCUT2D eigenvalue weighted by molar-refractivity contribution is -0.149. The second kappa shape index (κ2) is 1.97. The molecule has 9 heavy (non-hydrogen) atoms. The van der Waals surface area contributed by atoms with Gasteiger partial charge in [-0.05, 0) is 12.5 Å². The van der Waals surface area contributed by atoms with Gasteiger partial charge in [-0.25, -0.2) is 0 Å². The highest BCUT2D eigenvalue weighted by Gasteiger charge is 2.34. The van der Waals surface area contributed by atoms with E-state index >= 15 is 0 Å². The van der Waals surface area contributed by atoms with Gasteiger partial charge in [0.1, 0.15) is 6.04 Å². The molecular weight excluding hydrogens is 122 g/mol. The van der Waals surface area contributed by atoms with E-state index in [2.05, 4.69) is 0 Å². The van der Waals surface area contributed by atoms with E-state index in [1.807, 2.05) is 0 Å². The molecule has 1 aliphatic rings. The van der Waals surface area contributed by atoms with Crippen molar-refractivity contribution in [1.29, 1.82) is 0 Å². The van der Waals surface area contributed by atoms with Crippen molar-refractivity contribution in [2.75, 3.05) is 6.54 Å². The van der Waals surface area contributed by atoms with Crippen LogP contribution in [0.4, 0.5) is 0 Å². The molecule has 0 spiro atoms. The lowest BCUT2D eigenvalue weighted by Gasteiger charge is -2.49. The normalized spacial score (nSPS) is 35.8. The predicted octanol–water partition coefficient (Wildman–Crippen LogP) is -0.111. The molecule has 0 bridgehead atoms. The Balaban J connectivity index is 2.49. The second-order valence-corrected chi connectivity index (χ2v) is 2.36. The van der Waals surface area contributed by atoms with E-state index < -0.39 is 12.0 Å². The maximum atomic E-state index is 10.4. The maximum Gasteiger partial charge on any atom is 0.320 e. The fraction of sp³-hybridized carbons (Fsp3) is 0.800. The Morgan fingerprint density at radius 2 is 2.44 bits per heavy atom. The number of nitrogens with zero attached hydrogens (tertiary/aromatic N) is 1. The number of carboxylic acid groups (broad SMARTS) is 1. The van der Waals surface area contributed by atoms with Crippen LogP contribution in [0, 0.1) is 11.1 Å². The minimum atomic E-state index is -1.01. The topological polar surface area (TPSA) is 63.6 Å². The molecule has 0 saturated carbocycles. The summed E-state index contributed by atoms with van der Waals surface area (Å²) in [6, 6.07) is -0.787. The van der Waals surface area contributed by atoms with Gasteiger partial charge in [-0.15, -0.1) is 0 Å². The van der Waals surface area contributed by atoms with Gasteiger partial charge >= 0.3 is 5.97 Å². The van der Waals surface area contributed by atoms with Gasteiger partial charge in [0.25, 0.3) is 0 Å². The third-order valence-corrected chi connectivity index (χ3v) is 1.57. The molecule has 0 amide bonds. The highest BCUT2D eigenvalue weighted by molar-refractivity contribution is 5.75. The number of hydroxylamine groups is 2. The Morgan fingerprint density at radius 3 is 2.56 bits per heavy atom. The first-order valence-corrected chi connectivity index (χ1v) is 2.79. The molecule has 1 aliphatic heterocycles. The molecule has 4 heteroatoms. The summed E-state index contributed by atoms with van der Waals surface area (Å²) < 4.78 is 0. The average molecular weight is 130 g/mol. The predicted molar refractivity (Wildman–Crippen MR) is 30.7 cm³/mol. The Morgan fingerprint density at radius 1 is 1.89 bits per heavy atom. The number of aliphatic carboxylic acids is 1. The van der Waals surface area contributed by atoms with Crippen molar-refractivity contribution in [3.63, 3.8) is 0 Å². The molecule has 2 unspecified atom stereocenters. The van der Waals surface area contributed by atoms with Crippen LogP contribution < -0.4 is 0 Å². The van der Waals surface area contributed by atoms with E-state index in [4.69, 9.17) is 5.11 Å². The van der Waals surface area contributed by atoms with Crippen molar-refractivity contribution in [3.8, 4) is 0 Å². The minimum Gasteiger partial charge on any atom is -0.785 e. The first-order chi connectivity index (χ1) is 4.13. The molecule has 0 radical (unpaired) electrons. The molecular formula is C5H8NO3-. The number of rotatable bonds is 1. The van der Waals surface area contributed by atoms with Crippen LogP contribution in [0.1, 0.15) is 6.92 Å². The molecule has 0 aromatic rings. The molecule has 0 aromatic carbocycles. The van der Waals surface area contributed by atoms with Crippen LogP contribution in [0.3, 0.4) is 0 Å². The molecule has 1 N–H and O–H groups in total. The van der Waals surface area contributed by atoms with Gasteiger partial charge in [-0.2, -0.15) is 0 Å².